The SMILES string of the molecule is CCc1ccc(N=C(SC)N(Cc2ccc(OC)cc2)Cc2ccc(OC)cc2)cc1. The van der Waals surface area contributed by atoms with Crippen molar-refractivity contribution in [3.8, 4) is 11.5 Å². The fraction of sp³-hybridized carbons (Fsp3) is 0.269. The molecule has 3 aromatic carbocycles. The summed E-state index contributed by atoms with van der Waals surface area (Å²) in [5.41, 5.74) is 4.70. The molecule has 0 aromatic heterocycles. The van der Waals surface area contributed by atoms with Crippen molar-refractivity contribution in [2.45, 2.75) is 26.4 Å². The summed E-state index contributed by atoms with van der Waals surface area (Å²) in [6.07, 6.45) is 3.11. The van der Waals surface area contributed by atoms with Gasteiger partial charge in [0.15, 0.2) is 5.17 Å². The van der Waals surface area contributed by atoms with Gasteiger partial charge in [-0.2, -0.15) is 0 Å². The molecule has 0 saturated heterocycles. The molecule has 3 rings (SSSR count). The highest BCUT2D eigenvalue weighted by molar-refractivity contribution is 8.13. The fourth-order valence-electron chi connectivity index (χ4n) is 3.26. The van der Waals surface area contributed by atoms with E-state index in [9.17, 15) is 0 Å². The molecule has 0 saturated carbocycles. The van der Waals surface area contributed by atoms with Gasteiger partial charge in [0.05, 0.1) is 19.9 Å². The number of aliphatic imine (C=N–C) groups is 1. The summed E-state index contributed by atoms with van der Waals surface area (Å²) in [5.74, 6) is 1.72. The predicted octanol–water partition coefficient (Wildman–Crippen LogP) is 6.32. The molecule has 3 aromatic rings. The summed E-state index contributed by atoms with van der Waals surface area (Å²) < 4.78 is 10.6. The molecule has 0 N–H and O–H groups in total. The van der Waals surface area contributed by atoms with Crippen molar-refractivity contribution in [3.05, 3.63) is 89.5 Å². The van der Waals surface area contributed by atoms with E-state index in [1.165, 1.54) is 16.7 Å². The molecule has 0 fully saturated rings. The minimum absolute atomic E-state index is 0.753. The van der Waals surface area contributed by atoms with Crippen molar-refractivity contribution in [3.63, 3.8) is 0 Å². The van der Waals surface area contributed by atoms with E-state index < -0.39 is 0 Å². The van der Waals surface area contributed by atoms with Crippen molar-refractivity contribution >= 4 is 22.6 Å². The number of hydrogen-bond donors (Lipinski definition) is 0. The molecule has 0 atom stereocenters. The quantitative estimate of drug-likeness (QED) is 0.307. The Labute approximate surface area is 189 Å². The minimum Gasteiger partial charge on any atom is -0.497 e. The molecule has 31 heavy (non-hydrogen) atoms. The van der Waals surface area contributed by atoms with Crippen LogP contribution in [0.4, 0.5) is 5.69 Å². The molecule has 0 aliphatic heterocycles. The highest BCUT2D eigenvalue weighted by Gasteiger charge is 2.13. The van der Waals surface area contributed by atoms with Crippen LogP contribution in [-0.4, -0.2) is 30.5 Å². The molecule has 162 valence electrons. The molecular formula is C26H30N2O2S. The number of benzene rings is 3. The highest BCUT2D eigenvalue weighted by atomic mass is 32.2. The summed E-state index contributed by atoms with van der Waals surface area (Å²) in [7, 11) is 3.38. The van der Waals surface area contributed by atoms with Crippen LogP contribution in [0.1, 0.15) is 23.6 Å². The van der Waals surface area contributed by atoms with E-state index in [2.05, 4.69) is 66.6 Å². The number of thioether (sulfide) groups is 1. The van der Waals surface area contributed by atoms with E-state index in [-0.39, 0.29) is 0 Å². The molecule has 0 spiro atoms. The lowest BCUT2D eigenvalue weighted by Crippen LogP contribution is -2.27. The van der Waals surface area contributed by atoms with Gasteiger partial charge in [0.2, 0.25) is 0 Å². The maximum atomic E-state index is 5.30. The Morgan fingerprint density at radius 3 is 1.58 bits per heavy atom. The summed E-state index contributed by atoms with van der Waals surface area (Å²) in [6, 6.07) is 24.9. The van der Waals surface area contributed by atoms with Gasteiger partial charge in [0.1, 0.15) is 11.5 Å². The summed E-state index contributed by atoms with van der Waals surface area (Å²) >= 11 is 1.66. The van der Waals surface area contributed by atoms with E-state index in [4.69, 9.17) is 14.5 Å². The van der Waals surface area contributed by atoms with Gasteiger partial charge in [-0.3, -0.25) is 0 Å². The first-order valence-corrected chi connectivity index (χ1v) is 11.6. The molecule has 0 aliphatic carbocycles. The van der Waals surface area contributed by atoms with Crippen LogP contribution in [0.5, 0.6) is 11.5 Å². The van der Waals surface area contributed by atoms with Crippen molar-refractivity contribution < 1.29 is 9.47 Å². The van der Waals surface area contributed by atoms with Crippen molar-refractivity contribution in [2.24, 2.45) is 4.99 Å². The lowest BCUT2D eigenvalue weighted by molar-refractivity contribution is 0.405. The summed E-state index contributed by atoms with van der Waals surface area (Å²) in [6.45, 7) is 3.67. The molecule has 0 amide bonds. The second-order valence-corrected chi connectivity index (χ2v) is 7.94. The van der Waals surface area contributed by atoms with Crippen LogP contribution in [0.3, 0.4) is 0 Å². The van der Waals surface area contributed by atoms with Crippen molar-refractivity contribution in [1.82, 2.24) is 4.90 Å². The first kappa shape index (κ1) is 22.8. The Morgan fingerprint density at radius 1 is 0.742 bits per heavy atom. The van der Waals surface area contributed by atoms with Crippen LogP contribution < -0.4 is 9.47 Å². The maximum Gasteiger partial charge on any atom is 0.164 e. The second-order valence-electron chi connectivity index (χ2n) is 7.17. The number of rotatable bonds is 8. The molecule has 4 nitrogen and oxygen atoms in total. The van der Waals surface area contributed by atoms with Crippen molar-refractivity contribution in [1.29, 1.82) is 0 Å². The number of aryl methyl sites for hydroxylation is 1. The van der Waals surface area contributed by atoms with E-state index >= 15 is 0 Å². The molecule has 0 radical (unpaired) electrons. The van der Waals surface area contributed by atoms with Gasteiger partial charge in [0, 0.05) is 13.1 Å². The first-order valence-electron chi connectivity index (χ1n) is 10.4. The Kier molecular flexibility index (Phi) is 8.42. The number of hydrogen-bond acceptors (Lipinski definition) is 4. The van der Waals surface area contributed by atoms with Crippen LogP contribution in [-0.2, 0) is 19.5 Å². The highest BCUT2D eigenvalue weighted by Crippen LogP contribution is 2.22. The lowest BCUT2D eigenvalue weighted by Gasteiger charge is -2.26. The van der Waals surface area contributed by atoms with Gasteiger partial charge in [-0.15, -0.1) is 0 Å². The van der Waals surface area contributed by atoms with Crippen LogP contribution in [0.2, 0.25) is 0 Å². The zero-order valence-corrected chi connectivity index (χ0v) is 19.5. The van der Waals surface area contributed by atoms with Gasteiger partial charge in [-0.1, -0.05) is 55.1 Å². The van der Waals surface area contributed by atoms with Gasteiger partial charge in [0.25, 0.3) is 0 Å². The molecule has 5 heteroatoms. The lowest BCUT2D eigenvalue weighted by atomic mass is 10.1. The second kappa shape index (κ2) is 11.5. The van der Waals surface area contributed by atoms with E-state index in [1.54, 1.807) is 26.0 Å². The van der Waals surface area contributed by atoms with Crippen LogP contribution >= 0.6 is 11.8 Å². The molecule has 0 bridgehead atoms. The smallest absolute Gasteiger partial charge is 0.164 e. The minimum atomic E-state index is 0.753. The van der Waals surface area contributed by atoms with Gasteiger partial charge < -0.3 is 14.4 Å². The van der Waals surface area contributed by atoms with Crippen molar-refractivity contribution in [2.75, 3.05) is 20.5 Å². The molecule has 0 aliphatic rings. The van der Waals surface area contributed by atoms with Gasteiger partial charge in [-0.25, -0.2) is 4.99 Å². The molecular weight excluding hydrogens is 404 g/mol. The third-order valence-corrected chi connectivity index (χ3v) is 5.80. The average Bonchev–Trinajstić information content (AvgIpc) is 2.83. The molecule has 0 heterocycles. The average molecular weight is 435 g/mol. The topological polar surface area (TPSA) is 34.1 Å². The van der Waals surface area contributed by atoms with E-state index in [0.717, 1.165) is 41.9 Å². The van der Waals surface area contributed by atoms with Crippen LogP contribution in [0, 0.1) is 0 Å². The number of ether oxygens (including phenoxy) is 2. The Balaban J connectivity index is 1.89. The standard InChI is InChI=1S/C26H30N2O2S/c1-5-20-6-12-23(13-7-20)27-26(31-4)28(18-21-8-14-24(29-2)15-9-21)19-22-10-16-25(30-3)17-11-22/h6-17H,5,18-19H2,1-4H3. The fourth-order valence-corrected chi connectivity index (χ4v) is 3.84. The van der Waals surface area contributed by atoms with Gasteiger partial charge in [-0.05, 0) is 65.8 Å². The Bertz CT molecular complexity index is 918. The maximum absolute atomic E-state index is 5.30. The van der Waals surface area contributed by atoms with E-state index in [0.29, 0.717) is 0 Å². The predicted molar refractivity (Wildman–Crippen MR) is 132 cm³/mol. The zero-order chi connectivity index (χ0) is 22.1. The summed E-state index contributed by atoms with van der Waals surface area (Å²) in [5, 5.41) is 0.982. The zero-order valence-electron chi connectivity index (χ0n) is 18.7. The summed E-state index contributed by atoms with van der Waals surface area (Å²) in [4.78, 5) is 7.28. The number of methoxy groups -OCH3 is 2. The number of amidine groups is 1. The number of nitrogens with zero attached hydrogens (tertiary/aromatic N) is 2. The Morgan fingerprint density at radius 2 is 1.19 bits per heavy atom. The third kappa shape index (κ3) is 6.53. The Hall–Kier alpha value is -2.92. The first-order chi connectivity index (χ1) is 15.1. The third-order valence-electron chi connectivity index (χ3n) is 5.09. The normalized spacial score (nSPS) is 11.3. The monoisotopic (exact) mass is 434 g/mol. The van der Waals surface area contributed by atoms with Crippen LogP contribution in [0.25, 0.3) is 0 Å². The van der Waals surface area contributed by atoms with E-state index in [1.807, 2.05) is 24.3 Å². The largest absolute Gasteiger partial charge is 0.497 e. The van der Waals surface area contributed by atoms with Crippen LogP contribution in [0.15, 0.2) is 77.8 Å². The van der Waals surface area contributed by atoms with Gasteiger partial charge >= 0.3 is 0 Å². The molecule has 0 unspecified atom stereocenters.